The average Bonchev–Trinajstić information content (AvgIpc) is 3.59. The Hall–Kier alpha value is -4.23. The lowest BCUT2D eigenvalue weighted by atomic mass is 9.97. The van der Waals surface area contributed by atoms with E-state index in [4.69, 9.17) is 15.6 Å². The number of hydrogen-bond acceptors (Lipinski definition) is 8. The van der Waals surface area contributed by atoms with E-state index in [1.807, 2.05) is 4.90 Å². The highest BCUT2D eigenvalue weighted by Gasteiger charge is 2.34. The summed E-state index contributed by atoms with van der Waals surface area (Å²) in [6, 6.07) is 8.09. The molecule has 0 amide bonds. The van der Waals surface area contributed by atoms with Gasteiger partial charge >= 0.3 is 11.6 Å². The molecular formula is C33H34F2N4O4. The summed E-state index contributed by atoms with van der Waals surface area (Å²) >= 11 is 0. The summed E-state index contributed by atoms with van der Waals surface area (Å²) < 4.78 is 38.5. The average molecular weight is 589 g/mol. The number of anilines is 1. The Kier molecular flexibility index (Phi) is 7.93. The van der Waals surface area contributed by atoms with E-state index in [0.717, 1.165) is 25.8 Å². The molecular weight excluding hydrogens is 554 g/mol. The van der Waals surface area contributed by atoms with Crippen LogP contribution in [0.4, 0.5) is 14.6 Å². The van der Waals surface area contributed by atoms with E-state index in [2.05, 4.69) is 20.8 Å². The third-order valence-electron chi connectivity index (χ3n) is 8.72. The fourth-order valence-electron chi connectivity index (χ4n) is 6.67. The van der Waals surface area contributed by atoms with Crippen LogP contribution in [0.25, 0.3) is 33.0 Å². The highest BCUT2D eigenvalue weighted by Crippen LogP contribution is 2.38. The Morgan fingerprint density at radius 2 is 1.95 bits per heavy atom. The molecule has 2 aromatic carbocycles. The molecule has 0 radical (unpaired) electrons. The number of fused-ring (bicyclic) bond motifs is 3. The smallest absolute Gasteiger partial charge is 0.349 e. The van der Waals surface area contributed by atoms with Gasteiger partial charge in [0.25, 0.3) is 0 Å². The van der Waals surface area contributed by atoms with Gasteiger partial charge in [-0.1, -0.05) is 12.1 Å². The fourth-order valence-corrected chi connectivity index (χ4v) is 6.67. The van der Waals surface area contributed by atoms with Crippen molar-refractivity contribution < 1.29 is 23.0 Å². The van der Waals surface area contributed by atoms with E-state index in [1.165, 1.54) is 38.2 Å². The van der Waals surface area contributed by atoms with Gasteiger partial charge < -0.3 is 19.2 Å². The lowest BCUT2D eigenvalue weighted by Crippen LogP contribution is -2.36. The maximum Gasteiger partial charge on any atom is 0.349 e. The van der Waals surface area contributed by atoms with Crippen LogP contribution in [-0.2, 0) is 0 Å². The third kappa shape index (κ3) is 5.50. The minimum atomic E-state index is -0.663. The summed E-state index contributed by atoms with van der Waals surface area (Å²) in [6.07, 6.45) is 10.2. The molecule has 7 rings (SSSR count). The van der Waals surface area contributed by atoms with E-state index in [0.29, 0.717) is 48.0 Å². The molecule has 4 aromatic rings. The number of benzene rings is 2. The number of aromatic nitrogens is 2. The Bertz CT molecular complexity index is 1770. The lowest BCUT2D eigenvalue weighted by Gasteiger charge is -2.31. The van der Waals surface area contributed by atoms with Gasteiger partial charge in [0.05, 0.1) is 12.6 Å². The highest BCUT2D eigenvalue weighted by atomic mass is 19.1. The molecule has 1 N–H and O–H groups in total. The number of hydrogen-bond donors (Lipinski definition) is 1. The topological polar surface area (TPSA) is 91.9 Å². The van der Waals surface area contributed by atoms with Gasteiger partial charge in [0.2, 0.25) is 0 Å². The first kappa shape index (κ1) is 28.9. The van der Waals surface area contributed by atoms with Crippen molar-refractivity contribution in [1.82, 2.24) is 14.9 Å². The molecule has 3 unspecified atom stereocenters. The van der Waals surface area contributed by atoms with Crippen molar-refractivity contribution in [3.05, 3.63) is 52.1 Å². The summed E-state index contributed by atoms with van der Waals surface area (Å²) in [4.78, 5) is 26.5. The predicted molar refractivity (Wildman–Crippen MR) is 162 cm³/mol. The molecule has 2 aromatic heterocycles. The summed E-state index contributed by atoms with van der Waals surface area (Å²) in [5.74, 6) is 2.77. The minimum Gasteiger partial charge on any atom is -0.508 e. The minimum absolute atomic E-state index is 0.0406. The SMILES string of the molecule is C#CC1CCCN(c2nc(OC)nc3c(C)c(-c4cc(O)cc5cccc(F)c45)oc(=O)c23)C1.FC1CC2CCCN2C1. The summed E-state index contributed by atoms with van der Waals surface area (Å²) in [5, 5.41) is 11.2. The molecule has 3 saturated heterocycles. The van der Waals surface area contributed by atoms with E-state index < -0.39 is 17.6 Å². The van der Waals surface area contributed by atoms with E-state index in [-0.39, 0.29) is 39.8 Å². The van der Waals surface area contributed by atoms with E-state index in [9.17, 15) is 18.7 Å². The number of ether oxygens (including phenoxy) is 1. The maximum absolute atomic E-state index is 14.8. The van der Waals surface area contributed by atoms with Gasteiger partial charge in [-0.05, 0) is 69.2 Å². The van der Waals surface area contributed by atoms with E-state index >= 15 is 0 Å². The number of piperidine rings is 1. The van der Waals surface area contributed by atoms with Gasteiger partial charge in [-0.2, -0.15) is 9.97 Å². The van der Waals surface area contributed by atoms with Gasteiger partial charge in [-0.3, -0.25) is 4.90 Å². The second kappa shape index (κ2) is 11.8. The van der Waals surface area contributed by atoms with Crippen LogP contribution in [0.1, 0.15) is 37.7 Å². The molecule has 43 heavy (non-hydrogen) atoms. The van der Waals surface area contributed by atoms with Crippen LogP contribution < -0.4 is 15.3 Å². The molecule has 10 heteroatoms. The van der Waals surface area contributed by atoms with Crippen molar-refractivity contribution in [2.75, 3.05) is 38.2 Å². The number of halogens is 2. The second-order valence-electron chi connectivity index (χ2n) is 11.5. The summed E-state index contributed by atoms with van der Waals surface area (Å²) in [6.45, 7) is 4.81. The monoisotopic (exact) mass is 588 g/mol. The van der Waals surface area contributed by atoms with E-state index in [1.54, 1.807) is 19.1 Å². The first-order valence-corrected chi connectivity index (χ1v) is 14.7. The Labute approximate surface area is 248 Å². The van der Waals surface area contributed by atoms with Crippen LogP contribution in [-0.4, -0.2) is 65.5 Å². The van der Waals surface area contributed by atoms with Crippen molar-refractivity contribution in [2.45, 2.75) is 51.2 Å². The number of phenols is 1. The van der Waals surface area contributed by atoms with Gasteiger partial charge in [0.1, 0.15) is 28.9 Å². The highest BCUT2D eigenvalue weighted by molar-refractivity contribution is 6.00. The van der Waals surface area contributed by atoms with Crippen LogP contribution in [0.5, 0.6) is 11.8 Å². The van der Waals surface area contributed by atoms with Crippen LogP contribution in [0, 0.1) is 31.0 Å². The maximum atomic E-state index is 14.8. The summed E-state index contributed by atoms with van der Waals surface area (Å²) in [5.41, 5.74) is 0.430. The molecule has 224 valence electrons. The molecule has 0 bridgehead atoms. The number of phenolic OH excluding ortho intramolecular Hbond substituents is 1. The second-order valence-corrected chi connectivity index (χ2v) is 11.5. The number of nitrogens with zero attached hydrogens (tertiary/aromatic N) is 4. The molecule has 3 fully saturated rings. The largest absolute Gasteiger partial charge is 0.508 e. The number of rotatable bonds is 3. The molecule has 3 aliphatic heterocycles. The first-order chi connectivity index (χ1) is 20.8. The number of terminal acetylenes is 1. The Morgan fingerprint density at radius 1 is 1.14 bits per heavy atom. The zero-order chi connectivity index (χ0) is 30.2. The van der Waals surface area contributed by atoms with Gasteiger partial charge in [0, 0.05) is 48.1 Å². The molecule has 0 saturated carbocycles. The van der Waals surface area contributed by atoms with Crippen molar-refractivity contribution in [2.24, 2.45) is 5.92 Å². The Morgan fingerprint density at radius 3 is 2.72 bits per heavy atom. The van der Waals surface area contributed by atoms with Gasteiger partial charge in [0.15, 0.2) is 5.82 Å². The van der Waals surface area contributed by atoms with Crippen molar-refractivity contribution >= 4 is 27.5 Å². The van der Waals surface area contributed by atoms with Crippen molar-refractivity contribution in [3.63, 3.8) is 0 Å². The fraction of sp³-hybridized carbons (Fsp3) is 0.424. The molecule has 8 nitrogen and oxygen atoms in total. The molecule has 5 heterocycles. The number of methoxy groups -OCH3 is 1. The number of aryl methyl sites for hydroxylation is 1. The van der Waals surface area contributed by atoms with Crippen molar-refractivity contribution in [3.8, 4) is 35.4 Å². The zero-order valence-electron chi connectivity index (χ0n) is 24.3. The molecule has 3 atom stereocenters. The van der Waals surface area contributed by atoms with Crippen molar-refractivity contribution in [1.29, 1.82) is 0 Å². The summed E-state index contributed by atoms with van der Waals surface area (Å²) in [7, 11) is 1.45. The van der Waals surface area contributed by atoms with Gasteiger partial charge in [-0.25, -0.2) is 13.6 Å². The first-order valence-electron chi connectivity index (χ1n) is 14.7. The molecule has 3 aliphatic rings. The lowest BCUT2D eigenvalue weighted by molar-refractivity contribution is 0.292. The van der Waals surface area contributed by atoms with Gasteiger partial charge in [-0.15, -0.1) is 12.3 Å². The normalized spacial score (nSPS) is 21.8. The standard InChI is InChI=1S/C26H22FN3O4.C7H12FN/c1-4-15-7-6-10-30(13-15)24-21-22(28-26(29-24)33-3)14(2)23(34-25(21)32)18-12-17(31)11-16-8-5-9-19(27)20(16)18;8-6-4-7-2-1-3-9(7)5-6/h1,5,8-9,11-12,15,31H,6-7,10,13H2,2-3H3;6-7H,1-5H2. The Balaban J connectivity index is 0.000000310. The predicted octanol–water partition coefficient (Wildman–Crippen LogP) is 5.61. The third-order valence-corrected chi connectivity index (χ3v) is 8.72. The quantitative estimate of drug-likeness (QED) is 0.309. The van der Waals surface area contributed by atoms with Crippen LogP contribution >= 0.6 is 0 Å². The molecule has 0 spiro atoms. The molecule has 0 aliphatic carbocycles. The number of alkyl halides is 1. The van der Waals surface area contributed by atoms with Crippen LogP contribution in [0.15, 0.2) is 39.5 Å². The van der Waals surface area contributed by atoms with Crippen LogP contribution in [0.3, 0.4) is 0 Å². The van der Waals surface area contributed by atoms with Crippen LogP contribution in [0.2, 0.25) is 0 Å². The zero-order valence-corrected chi connectivity index (χ0v) is 24.3. The number of aromatic hydroxyl groups is 1.